The number of rotatable bonds is 7. The molecule has 0 aromatic heterocycles. The average molecular weight is 333 g/mol. The molecule has 0 saturated carbocycles. The van der Waals surface area contributed by atoms with Crippen LogP contribution in [0.2, 0.25) is 0 Å². The molecule has 1 aliphatic heterocycles. The number of likely N-dealkylation sites (tertiary alicyclic amines) is 1. The third kappa shape index (κ3) is 5.85. The third-order valence-electron chi connectivity index (χ3n) is 4.00. The summed E-state index contributed by atoms with van der Waals surface area (Å²) in [6, 6.07) is 7.13. The molecule has 1 aromatic carbocycles. The lowest BCUT2D eigenvalue weighted by atomic mass is 10.1. The van der Waals surface area contributed by atoms with Crippen LogP contribution < -0.4 is 10.6 Å². The van der Waals surface area contributed by atoms with Crippen molar-refractivity contribution in [3.8, 4) is 0 Å². The van der Waals surface area contributed by atoms with Crippen LogP contribution >= 0.6 is 0 Å². The summed E-state index contributed by atoms with van der Waals surface area (Å²) in [6.07, 6.45) is 1.70. The topological polar surface area (TPSA) is 81.7 Å². The molecule has 6 heteroatoms. The Hall–Kier alpha value is -2.08. The van der Waals surface area contributed by atoms with Crippen molar-refractivity contribution in [2.45, 2.75) is 45.8 Å². The zero-order valence-electron chi connectivity index (χ0n) is 14.4. The van der Waals surface area contributed by atoms with E-state index in [9.17, 15) is 14.7 Å². The lowest BCUT2D eigenvalue weighted by Gasteiger charge is -2.16. The second-order valence-corrected chi connectivity index (χ2v) is 6.73. The molecule has 3 N–H and O–H groups in total. The first-order chi connectivity index (χ1) is 11.4. The number of hydrogen-bond acceptors (Lipinski definition) is 3. The van der Waals surface area contributed by atoms with Gasteiger partial charge in [0.1, 0.15) is 0 Å². The number of nitrogens with one attached hydrogen (secondary N) is 2. The summed E-state index contributed by atoms with van der Waals surface area (Å²) in [7, 11) is 0. The van der Waals surface area contributed by atoms with Crippen LogP contribution in [0.4, 0.5) is 10.5 Å². The monoisotopic (exact) mass is 333 g/mol. The quantitative estimate of drug-likeness (QED) is 0.716. The number of nitrogens with zero attached hydrogens (tertiary/aromatic N) is 1. The van der Waals surface area contributed by atoms with E-state index in [1.165, 1.54) is 0 Å². The summed E-state index contributed by atoms with van der Waals surface area (Å²) < 4.78 is 0. The number of benzene rings is 1. The van der Waals surface area contributed by atoms with Gasteiger partial charge in [-0.1, -0.05) is 26.0 Å². The maximum absolute atomic E-state index is 11.8. The van der Waals surface area contributed by atoms with E-state index >= 15 is 0 Å². The highest BCUT2D eigenvalue weighted by molar-refractivity contribution is 5.89. The van der Waals surface area contributed by atoms with Crippen LogP contribution in [0, 0.1) is 5.92 Å². The van der Waals surface area contributed by atoms with Gasteiger partial charge < -0.3 is 20.6 Å². The third-order valence-corrected chi connectivity index (χ3v) is 4.00. The molecule has 0 aliphatic carbocycles. The first-order valence-corrected chi connectivity index (χ1v) is 8.53. The fourth-order valence-corrected chi connectivity index (χ4v) is 2.80. The summed E-state index contributed by atoms with van der Waals surface area (Å²) >= 11 is 0. The molecule has 0 bridgehead atoms. The minimum Gasteiger partial charge on any atom is -0.391 e. The van der Waals surface area contributed by atoms with Crippen LogP contribution in [0.5, 0.6) is 0 Å². The van der Waals surface area contributed by atoms with Gasteiger partial charge in [0.25, 0.3) is 0 Å². The fourth-order valence-electron chi connectivity index (χ4n) is 2.80. The lowest BCUT2D eigenvalue weighted by Crippen LogP contribution is -2.35. The molecule has 0 spiro atoms. The standard InChI is InChI=1S/C18H27N3O3/c1-13(2)10-16(22)11-19-18(24)20-15-7-5-14(6-8-15)12-21-9-3-4-17(21)23/h5-8,13,16,22H,3-4,9-12H2,1-2H3,(H2,19,20,24). The van der Waals surface area contributed by atoms with Gasteiger partial charge in [0.15, 0.2) is 0 Å². The van der Waals surface area contributed by atoms with E-state index in [4.69, 9.17) is 0 Å². The summed E-state index contributed by atoms with van der Waals surface area (Å²) in [4.78, 5) is 25.3. The molecule has 2 rings (SSSR count). The van der Waals surface area contributed by atoms with Crippen molar-refractivity contribution in [3.05, 3.63) is 29.8 Å². The average Bonchev–Trinajstić information content (AvgIpc) is 2.92. The molecule has 1 fully saturated rings. The molecule has 1 unspecified atom stereocenters. The zero-order valence-corrected chi connectivity index (χ0v) is 14.4. The molecule has 1 saturated heterocycles. The van der Waals surface area contributed by atoms with Crippen LogP contribution in [0.3, 0.4) is 0 Å². The van der Waals surface area contributed by atoms with Gasteiger partial charge in [-0.05, 0) is 36.5 Å². The van der Waals surface area contributed by atoms with E-state index in [0.717, 1.165) is 18.5 Å². The number of amides is 3. The van der Waals surface area contributed by atoms with E-state index in [2.05, 4.69) is 10.6 Å². The largest absolute Gasteiger partial charge is 0.391 e. The summed E-state index contributed by atoms with van der Waals surface area (Å²) in [5.74, 6) is 0.594. The Kier molecular flexibility index (Phi) is 6.61. The second-order valence-electron chi connectivity index (χ2n) is 6.73. The molecule has 3 amide bonds. The van der Waals surface area contributed by atoms with Gasteiger partial charge in [0, 0.05) is 31.7 Å². The van der Waals surface area contributed by atoms with E-state index in [0.29, 0.717) is 31.0 Å². The fraction of sp³-hybridized carbons (Fsp3) is 0.556. The van der Waals surface area contributed by atoms with E-state index in [1.54, 1.807) is 0 Å². The van der Waals surface area contributed by atoms with Crippen molar-refractivity contribution < 1.29 is 14.7 Å². The van der Waals surface area contributed by atoms with Crippen LogP contribution in [0.25, 0.3) is 0 Å². The first kappa shape index (κ1) is 18.3. The molecule has 0 radical (unpaired) electrons. The SMILES string of the molecule is CC(C)CC(O)CNC(=O)Nc1ccc(CN2CCCC2=O)cc1. The number of aliphatic hydroxyl groups excluding tert-OH is 1. The van der Waals surface area contributed by atoms with Crippen LogP contribution in [0.15, 0.2) is 24.3 Å². The molecule has 1 aliphatic rings. The Morgan fingerprint density at radius 3 is 2.58 bits per heavy atom. The van der Waals surface area contributed by atoms with Crippen molar-refractivity contribution in [2.75, 3.05) is 18.4 Å². The maximum atomic E-state index is 11.8. The van der Waals surface area contributed by atoms with E-state index < -0.39 is 6.10 Å². The highest BCUT2D eigenvalue weighted by Gasteiger charge is 2.19. The Morgan fingerprint density at radius 2 is 2.00 bits per heavy atom. The van der Waals surface area contributed by atoms with Crippen molar-refractivity contribution in [2.24, 2.45) is 5.92 Å². The number of carbonyl (C=O) groups is 2. The van der Waals surface area contributed by atoms with Crippen molar-refractivity contribution in [1.82, 2.24) is 10.2 Å². The van der Waals surface area contributed by atoms with Crippen molar-refractivity contribution in [1.29, 1.82) is 0 Å². The van der Waals surface area contributed by atoms with Crippen LogP contribution in [-0.4, -0.2) is 41.1 Å². The summed E-state index contributed by atoms with van der Waals surface area (Å²) in [5, 5.41) is 15.2. The second kappa shape index (κ2) is 8.68. The van der Waals surface area contributed by atoms with Gasteiger partial charge in [-0.15, -0.1) is 0 Å². The van der Waals surface area contributed by atoms with E-state index in [-0.39, 0.29) is 18.5 Å². The number of hydrogen-bond donors (Lipinski definition) is 3. The predicted octanol–water partition coefficient (Wildman–Crippen LogP) is 2.34. The molecule has 1 heterocycles. The van der Waals surface area contributed by atoms with Gasteiger partial charge in [-0.3, -0.25) is 4.79 Å². The molecule has 1 atom stereocenters. The highest BCUT2D eigenvalue weighted by Crippen LogP contribution is 2.16. The lowest BCUT2D eigenvalue weighted by molar-refractivity contribution is -0.128. The smallest absolute Gasteiger partial charge is 0.319 e. The zero-order chi connectivity index (χ0) is 17.5. The van der Waals surface area contributed by atoms with Gasteiger partial charge in [-0.2, -0.15) is 0 Å². The number of carbonyl (C=O) groups excluding carboxylic acids is 2. The Labute approximate surface area is 143 Å². The molecular formula is C18H27N3O3. The molecule has 1 aromatic rings. The Bertz CT molecular complexity index is 557. The van der Waals surface area contributed by atoms with Crippen LogP contribution in [-0.2, 0) is 11.3 Å². The summed E-state index contributed by atoms with van der Waals surface area (Å²) in [6.45, 7) is 5.73. The van der Waals surface area contributed by atoms with Crippen LogP contribution in [0.1, 0.15) is 38.7 Å². The predicted molar refractivity (Wildman–Crippen MR) is 93.6 cm³/mol. The van der Waals surface area contributed by atoms with Gasteiger partial charge in [-0.25, -0.2) is 4.79 Å². The molecule has 6 nitrogen and oxygen atoms in total. The van der Waals surface area contributed by atoms with Gasteiger partial charge >= 0.3 is 6.03 Å². The Morgan fingerprint density at radius 1 is 1.29 bits per heavy atom. The highest BCUT2D eigenvalue weighted by atomic mass is 16.3. The van der Waals surface area contributed by atoms with Gasteiger partial charge in [0.05, 0.1) is 6.10 Å². The molecule has 24 heavy (non-hydrogen) atoms. The van der Waals surface area contributed by atoms with E-state index in [1.807, 2.05) is 43.0 Å². The minimum atomic E-state index is -0.531. The number of anilines is 1. The normalized spacial score (nSPS) is 15.7. The number of aliphatic hydroxyl groups is 1. The maximum Gasteiger partial charge on any atom is 0.319 e. The molecule has 132 valence electrons. The van der Waals surface area contributed by atoms with Crippen molar-refractivity contribution >= 4 is 17.6 Å². The Balaban J connectivity index is 1.76. The molecular weight excluding hydrogens is 306 g/mol. The number of urea groups is 1. The van der Waals surface area contributed by atoms with Crippen molar-refractivity contribution in [3.63, 3.8) is 0 Å². The minimum absolute atomic E-state index is 0.205. The first-order valence-electron chi connectivity index (χ1n) is 8.53. The summed E-state index contributed by atoms with van der Waals surface area (Å²) in [5.41, 5.74) is 1.73. The van der Waals surface area contributed by atoms with Gasteiger partial charge in [0.2, 0.25) is 5.91 Å².